The van der Waals surface area contributed by atoms with Gasteiger partial charge in [-0.25, -0.2) is 4.98 Å². The molecule has 1 saturated heterocycles. The molecule has 17 heavy (non-hydrogen) atoms. The van der Waals surface area contributed by atoms with Crippen molar-refractivity contribution in [1.82, 2.24) is 10.3 Å². The summed E-state index contributed by atoms with van der Waals surface area (Å²) in [4.78, 5) is 5.20. The van der Waals surface area contributed by atoms with Gasteiger partial charge in [0.1, 0.15) is 0 Å². The maximum absolute atomic E-state index is 6.04. The molecule has 0 unspecified atom stereocenters. The Hall–Kier alpha value is -0.160. The topological polar surface area (TPSA) is 34.2 Å². The standard InChI is InChI=1S/C12H19ClN2OS/c1-11(2)5-9(12(3,4)16-11)14-6-8-7-15-10(13)17-8/h7,9,14H,5-6H2,1-4H3/t9-/m0/s1. The summed E-state index contributed by atoms with van der Waals surface area (Å²) in [5.41, 5.74) is -0.176. The second-order valence-corrected chi connectivity index (χ2v) is 7.38. The molecule has 0 radical (unpaired) electrons. The first-order chi connectivity index (χ1) is 7.78. The third-order valence-corrected chi connectivity index (χ3v) is 4.24. The summed E-state index contributed by atoms with van der Waals surface area (Å²) in [6.45, 7) is 9.36. The number of thiazole rings is 1. The molecule has 5 heteroatoms. The van der Waals surface area contributed by atoms with Crippen molar-refractivity contribution in [2.24, 2.45) is 0 Å². The molecule has 1 aliphatic rings. The second-order valence-electron chi connectivity index (χ2n) is 5.68. The normalized spacial score (nSPS) is 26.3. The molecule has 0 saturated carbocycles. The highest BCUT2D eigenvalue weighted by atomic mass is 35.5. The number of ether oxygens (including phenoxy) is 1. The quantitative estimate of drug-likeness (QED) is 0.919. The number of nitrogens with zero attached hydrogens (tertiary/aromatic N) is 1. The van der Waals surface area contributed by atoms with E-state index in [2.05, 4.69) is 38.0 Å². The first-order valence-electron chi connectivity index (χ1n) is 5.82. The van der Waals surface area contributed by atoms with Crippen LogP contribution in [0.4, 0.5) is 0 Å². The highest BCUT2D eigenvalue weighted by Crippen LogP contribution is 2.37. The monoisotopic (exact) mass is 274 g/mol. The van der Waals surface area contributed by atoms with Crippen LogP contribution in [0.5, 0.6) is 0 Å². The molecule has 0 aromatic carbocycles. The van der Waals surface area contributed by atoms with Crippen LogP contribution in [0.3, 0.4) is 0 Å². The third kappa shape index (κ3) is 3.19. The van der Waals surface area contributed by atoms with Gasteiger partial charge in [0, 0.05) is 23.7 Å². The number of hydrogen-bond donors (Lipinski definition) is 1. The van der Waals surface area contributed by atoms with E-state index >= 15 is 0 Å². The molecule has 1 N–H and O–H groups in total. The first kappa shape index (κ1) is 13.3. The summed E-state index contributed by atoms with van der Waals surface area (Å²) < 4.78 is 6.64. The Balaban J connectivity index is 1.95. The SMILES string of the molecule is CC1(C)C[C@H](NCc2cnc(Cl)s2)C(C)(C)O1. The van der Waals surface area contributed by atoms with Crippen molar-refractivity contribution in [2.45, 2.75) is 57.9 Å². The average molecular weight is 275 g/mol. The predicted molar refractivity (Wildman–Crippen MR) is 71.6 cm³/mol. The van der Waals surface area contributed by atoms with Crippen molar-refractivity contribution in [2.75, 3.05) is 0 Å². The van der Waals surface area contributed by atoms with E-state index in [1.807, 2.05) is 6.20 Å². The Bertz CT molecular complexity index is 403. The second kappa shape index (κ2) is 4.50. The molecule has 0 amide bonds. The Kier molecular flexibility index (Phi) is 3.51. The summed E-state index contributed by atoms with van der Waals surface area (Å²) in [6, 6.07) is 0.360. The minimum atomic E-state index is -0.127. The zero-order valence-electron chi connectivity index (χ0n) is 10.7. The Morgan fingerprint density at radius 3 is 2.71 bits per heavy atom. The van der Waals surface area contributed by atoms with Crippen molar-refractivity contribution in [3.8, 4) is 0 Å². The third-order valence-electron chi connectivity index (χ3n) is 3.12. The molecule has 0 bridgehead atoms. The molecule has 2 heterocycles. The van der Waals surface area contributed by atoms with Crippen LogP contribution >= 0.6 is 22.9 Å². The molecule has 3 nitrogen and oxygen atoms in total. The van der Waals surface area contributed by atoms with Crippen LogP contribution in [0.2, 0.25) is 4.47 Å². The van der Waals surface area contributed by atoms with Gasteiger partial charge in [-0.15, -0.1) is 11.3 Å². The molecule has 96 valence electrons. The highest BCUT2D eigenvalue weighted by Gasteiger charge is 2.45. The van der Waals surface area contributed by atoms with Crippen molar-refractivity contribution < 1.29 is 4.74 Å². The van der Waals surface area contributed by atoms with Gasteiger partial charge < -0.3 is 10.1 Å². The molecule has 1 atom stereocenters. The highest BCUT2D eigenvalue weighted by molar-refractivity contribution is 7.15. The van der Waals surface area contributed by atoms with Crippen molar-refractivity contribution in [3.63, 3.8) is 0 Å². The molecule has 1 aromatic heterocycles. The molecule has 0 spiro atoms. The van der Waals surface area contributed by atoms with E-state index < -0.39 is 0 Å². The van der Waals surface area contributed by atoms with Crippen LogP contribution < -0.4 is 5.32 Å². The van der Waals surface area contributed by atoms with Crippen molar-refractivity contribution >= 4 is 22.9 Å². The number of halogens is 1. The lowest BCUT2D eigenvalue weighted by molar-refractivity contribution is -0.0699. The van der Waals surface area contributed by atoms with Gasteiger partial charge in [0.05, 0.1) is 11.2 Å². The average Bonchev–Trinajstić information content (AvgIpc) is 2.64. The van der Waals surface area contributed by atoms with Crippen LogP contribution in [0.25, 0.3) is 0 Å². The first-order valence-corrected chi connectivity index (χ1v) is 7.02. The molecular formula is C12H19ClN2OS. The van der Waals surface area contributed by atoms with Gasteiger partial charge in [-0.2, -0.15) is 0 Å². The zero-order valence-corrected chi connectivity index (χ0v) is 12.3. The summed E-state index contributed by atoms with van der Waals surface area (Å²) in [6.07, 6.45) is 2.85. The van der Waals surface area contributed by atoms with Crippen LogP contribution in [-0.2, 0) is 11.3 Å². The number of aromatic nitrogens is 1. The van der Waals surface area contributed by atoms with Gasteiger partial charge in [0.25, 0.3) is 0 Å². The van der Waals surface area contributed by atoms with E-state index in [9.17, 15) is 0 Å². The van der Waals surface area contributed by atoms with E-state index in [1.165, 1.54) is 11.3 Å². The zero-order chi connectivity index (χ0) is 12.7. The van der Waals surface area contributed by atoms with Gasteiger partial charge in [-0.05, 0) is 34.1 Å². The van der Waals surface area contributed by atoms with Crippen LogP contribution in [0, 0.1) is 0 Å². The molecule has 1 fully saturated rings. The largest absolute Gasteiger partial charge is 0.368 e. The summed E-state index contributed by atoms with van der Waals surface area (Å²) in [5, 5.41) is 3.54. The van der Waals surface area contributed by atoms with Crippen LogP contribution in [0.1, 0.15) is 39.0 Å². The van der Waals surface area contributed by atoms with Crippen LogP contribution in [-0.4, -0.2) is 22.2 Å². The molecule has 0 aliphatic carbocycles. The molecule has 1 aliphatic heterocycles. The maximum atomic E-state index is 6.04. The maximum Gasteiger partial charge on any atom is 0.183 e. The molecule has 2 rings (SSSR count). The lowest BCUT2D eigenvalue weighted by Crippen LogP contribution is -2.42. The lowest BCUT2D eigenvalue weighted by atomic mass is 9.94. The number of hydrogen-bond acceptors (Lipinski definition) is 4. The minimum Gasteiger partial charge on any atom is -0.368 e. The minimum absolute atomic E-state index is 0.0491. The van der Waals surface area contributed by atoms with E-state index in [-0.39, 0.29) is 11.2 Å². The van der Waals surface area contributed by atoms with Gasteiger partial charge in [-0.1, -0.05) is 11.6 Å². The van der Waals surface area contributed by atoms with Gasteiger partial charge in [0.15, 0.2) is 4.47 Å². The molecule has 1 aromatic rings. The summed E-state index contributed by atoms with van der Waals surface area (Å²) in [5.74, 6) is 0. The Labute approximate surface area is 112 Å². The summed E-state index contributed by atoms with van der Waals surface area (Å²) >= 11 is 7.33. The van der Waals surface area contributed by atoms with E-state index in [0.717, 1.165) is 17.8 Å². The summed E-state index contributed by atoms with van der Waals surface area (Å²) in [7, 11) is 0. The number of nitrogens with one attached hydrogen (secondary N) is 1. The molecular weight excluding hydrogens is 256 g/mol. The Morgan fingerprint density at radius 2 is 2.24 bits per heavy atom. The van der Waals surface area contributed by atoms with Gasteiger partial charge in [-0.3, -0.25) is 0 Å². The lowest BCUT2D eigenvalue weighted by Gasteiger charge is -2.27. The van der Waals surface area contributed by atoms with Gasteiger partial charge >= 0.3 is 0 Å². The fourth-order valence-corrected chi connectivity index (χ4v) is 3.40. The smallest absolute Gasteiger partial charge is 0.183 e. The number of rotatable bonds is 3. The van der Waals surface area contributed by atoms with Crippen molar-refractivity contribution in [3.05, 3.63) is 15.5 Å². The fraction of sp³-hybridized carbons (Fsp3) is 0.750. The Morgan fingerprint density at radius 1 is 1.53 bits per heavy atom. The van der Waals surface area contributed by atoms with Crippen molar-refractivity contribution in [1.29, 1.82) is 0 Å². The van der Waals surface area contributed by atoms with E-state index in [1.54, 1.807) is 0 Å². The van der Waals surface area contributed by atoms with E-state index in [0.29, 0.717) is 10.5 Å². The van der Waals surface area contributed by atoms with Gasteiger partial charge in [0.2, 0.25) is 0 Å². The van der Waals surface area contributed by atoms with E-state index in [4.69, 9.17) is 16.3 Å². The predicted octanol–water partition coefficient (Wildman–Crippen LogP) is 3.23. The van der Waals surface area contributed by atoms with Crippen LogP contribution in [0.15, 0.2) is 6.20 Å². The fourth-order valence-electron chi connectivity index (χ4n) is 2.47.